The molecule has 4 heteroatoms. The van der Waals surface area contributed by atoms with Crippen molar-refractivity contribution in [1.29, 1.82) is 5.26 Å². The van der Waals surface area contributed by atoms with E-state index < -0.39 is 12.2 Å². The Hall–Kier alpha value is -1.41. The quantitative estimate of drug-likeness (QED) is 0.708. The Morgan fingerprint density at radius 3 is 2.65 bits per heavy atom. The molecule has 2 unspecified atom stereocenters. The average Bonchev–Trinajstić information content (AvgIpc) is 3.18. The van der Waals surface area contributed by atoms with Crippen molar-refractivity contribution in [3.05, 3.63) is 35.4 Å². The van der Waals surface area contributed by atoms with Gasteiger partial charge in [0.25, 0.3) is 0 Å². The molecular formula is C13H16N2O2. The smallest absolute Gasteiger partial charge is 0.106 e. The monoisotopic (exact) mass is 232 g/mol. The highest BCUT2D eigenvalue weighted by Gasteiger charge is 2.45. The third-order valence-electron chi connectivity index (χ3n) is 3.35. The standard InChI is InChI=1S/C13H16N2O2/c14-7-11(16)12(17)9-2-1-3-10(6-9)13(8-15)4-5-13/h1-3,6,11-12,16-17H,4-5,7,14H2. The van der Waals surface area contributed by atoms with E-state index in [9.17, 15) is 10.2 Å². The molecule has 1 aromatic carbocycles. The van der Waals surface area contributed by atoms with Crippen molar-refractivity contribution in [3.63, 3.8) is 0 Å². The van der Waals surface area contributed by atoms with Crippen molar-refractivity contribution in [1.82, 2.24) is 0 Å². The Balaban J connectivity index is 2.27. The minimum atomic E-state index is -0.991. The van der Waals surface area contributed by atoms with Gasteiger partial charge >= 0.3 is 0 Å². The van der Waals surface area contributed by atoms with E-state index in [-0.39, 0.29) is 12.0 Å². The summed E-state index contributed by atoms with van der Waals surface area (Å²) in [5, 5.41) is 28.5. The van der Waals surface area contributed by atoms with Gasteiger partial charge in [0.05, 0.1) is 17.6 Å². The van der Waals surface area contributed by atoms with Crippen LogP contribution in [0, 0.1) is 11.3 Å². The van der Waals surface area contributed by atoms with Gasteiger partial charge in [-0.15, -0.1) is 0 Å². The second-order valence-electron chi connectivity index (χ2n) is 4.57. The van der Waals surface area contributed by atoms with Gasteiger partial charge in [-0.2, -0.15) is 5.26 Å². The molecule has 0 heterocycles. The molecule has 0 radical (unpaired) electrons. The zero-order valence-corrected chi connectivity index (χ0v) is 9.50. The minimum absolute atomic E-state index is 0.00872. The summed E-state index contributed by atoms with van der Waals surface area (Å²) in [4.78, 5) is 0. The largest absolute Gasteiger partial charge is 0.389 e. The van der Waals surface area contributed by atoms with E-state index in [0.717, 1.165) is 18.4 Å². The molecule has 2 atom stereocenters. The molecule has 0 aromatic heterocycles. The third kappa shape index (κ3) is 2.18. The van der Waals surface area contributed by atoms with Crippen LogP contribution in [-0.2, 0) is 5.41 Å². The van der Waals surface area contributed by atoms with Crippen molar-refractivity contribution in [2.45, 2.75) is 30.5 Å². The Morgan fingerprint density at radius 2 is 2.12 bits per heavy atom. The first-order chi connectivity index (χ1) is 8.13. The third-order valence-corrected chi connectivity index (χ3v) is 3.35. The molecular weight excluding hydrogens is 216 g/mol. The minimum Gasteiger partial charge on any atom is -0.389 e. The van der Waals surface area contributed by atoms with E-state index in [1.807, 2.05) is 6.07 Å². The SMILES string of the molecule is N#CC1(c2cccc(C(O)C(O)CN)c2)CC1. The van der Waals surface area contributed by atoms with Gasteiger partial charge in [0.15, 0.2) is 0 Å². The van der Waals surface area contributed by atoms with Gasteiger partial charge in [-0.3, -0.25) is 0 Å². The van der Waals surface area contributed by atoms with Crippen LogP contribution in [0.3, 0.4) is 0 Å². The molecule has 0 saturated heterocycles. The number of rotatable bonds is 4. The zero-order valence-electron chi connectivity index (χ0n) is 9.50. The van der Waals surface area contributed by atoms with Crippen LogP contribution in [0.15, 0.2) is 24.3 Å². The van der Waals surface area contributed by atoms with Crippen molar-refractivity contribution >= 4 is 0 Å². The molecule has 1 aliphatic rings. The Kier molecular flexibility index (Phi) is 3.16. The molecule has 0 aliphatic heterocycles. The Morgan fingerprint density at radius 1 is 1.41 bits per heavy atom. The molecule has 1 aromatic rings. The number of nitrogens with zero attached hydrogens (tertiary/aromatic N) is 1. The fourth-order valence-electron chi connectivity index (χ4n) is 1.96. The summed E-state index contributed by atoms with van der Waals surface area (Å²) in [6.45, 7) is 0.00872. The summed E-state index contributed by atoms with van der Waals surface area (Å²) in [6, 6.07) is 9.53. The zero-order chi connectivity index (χ0) is 12.5. The number of nitriles is 1. The molecule has 1 fully saturated rings. The number of aliphatic hydroxyl groups is 2. The lowest BCUT2D eigenvalue weighted by atomic mass is 9.93. The molecule has 1 aliphatic carbocycles. The maximum absolute atomic E-state index is 9.86. The van der Waals surface area contributed by atoms with Gasteiger partial charge < -0.3 is 15.9 Å². The van der Waals surface area contributed by atoms with Gasteiger partial charge in [0.2, 0.25) is 0 Å². The number of nitrogens with two attached hydrogens (primary N) is 1. The normalized spacial score (nSPS) is 20.4. The predicted octanol–water partition coefficient (Wildman–Crippen LogP) is 0.595. The summed E-state index contributed by atoms with van der Waals surface area (Å²) < 4.78 is 0. The molecule has 0 amide bonds. The van der Waals surface area contributed by atoms with E-state index >= 15 is 0 Å². The van der Waals surface area contributed by atoms with E-state index in [1.54, 1.807) is 18.2 Å². The van der Waals surface area contributed by atoms with Crippen LogP contribution in [0.1, 0.15) is 30.1 Å². The average molecular weight is 232 g/mol. The van der Waals surface area contributed by atoms with Crippen LogP contribution in [-0.4, -0.2) is 22.9 Å². The molecule has 0 bridgehead atoms. The maximum Gasteiger partial charge on any atom is 0.106 e. The molecule has 4 N–H and O–H groups in total. The van der Waals surface area contributed by atoms with Gasteiger partial charge in [-0.25, -0.2) is 0 Å². The highest BCUT2D eigenvalue weighted by molar-refractivity contribution is 5.41. The molecule has 2 rings (SSSR count). The summed E-state index contributed by atoms with van der Waals surface area (Å²) in [7, 11) is 0. The Labute approximate surface area is 100 Å². The first-order valence-electron chi connectivity index (χ1n) is 5.71. The highest BCUT2D eigenvalue weighted by Crippen LogP contribution is 2.47. The first kappa shape index (κ1) is 12.1. The van der Waals surface area contributed by atoms with Crippen LogP contribution >= 0.6 is 0 Å². The van der Waals surface area contributed by atoms with Crippen LogP contribution < -0.4 is 5.73 Å². The number of aliphatic hydroxyl groups excluding tert-OH is 2. The molecule has 17 heavy (non-hydrogen) atoms. The number of hydrogen-bond acceptors (Lipinski definition) is 4. The van der Waals surface area contributed by atoms with Crippen LogP contribution in [0.4, 0.5) is 0 Å². The van der Waals surface area contributed by atoms with E-state index in [1.165, 1.54) is 0 Å². The first-order valence-corrected chi connectivity index (χ1v) is 5.71. The van der Waals surface area contributed by atoms with Crippen LogP contribution in [0.5, 0.6) is 0 Å². The topological polar surface area (TPSA) is 90.3 Å². The van der Waals surface area contributed by atoms with E-state index in [0.29, 0.717) is 5.56 Å². The van der Waals surface area contributed by atoms with Gasteiger partial charge in [0, 0.05) is 6.54 Å². The number of benzene rings is 1. The molecule has 0 spiro atoms. The second kappa shape index (κ2) is 4.46. The number of hydrogen-bond donors (Lipinski definition) is 3. The predicted molar refractivity (Wildman–Crippen MR) is 63.0 cm³/mol. The lowest BCUT2D eigenvalue weighted by Gasteiger charge is -2.18. The Bertz CT molecular complexity index is 449. The molecule has 90 valence electrons. The van der Waals surface area contributed by atoms with E-state index in [2.05, 4.69) is 6.07 Å². The summed E-state index contributed by atoms with van der Waals surface area (Å²) in [5.41, 5.74) is 6.47. The van der Waals surface area contributed by atoms with E-state index in [4.69, 9.17) is 11.0 Å². The highest BCUT2D eigenvalue weighted by atomic mass is 16.3. The fraction of sp³-hybridized carbons (Fsp3) is 0.462. The van der Waals surface area contributed by atoms with Gasteiger partial charge in [-0.05, 0) is 24.0 Å². The summed E-state index contributed by atoms with van der Waals surface area (Å²) in [6.07, 6.45) is -0.234. The summed E-state index contributed by atoms with van der Waals surface area (Å²) in [5.74, 6) is 0. The van der Waals surface area contributed by atoms with Crippen LogP contribution in [0.25, 0.3) is 0 Å². The molecule has 1 saturated carbocycles. The van der Waals surface area contributed by atoms with Crippen LogP contribution in [0.2, 0.25) is 0 Å². The van der Waals surface area contributed by atoms with Crippen molar-refractivity contribution in [2.75, 3.05) is 6.54 Å². The fourth-order valence-corrected chi connectivity index (χ4v) is 1.96. The second-order valence-corrected chi connectivity index (χ2v) is 4.57. The van der Waals surface area contributed by atoms with Crippen molar-refractivity contribution < 1.29 is 10.2 Å². The molecule has 4 nitrogen and oxygen atoms in total. The van der Waals surface area contributed by atoms with Crippen molar-refractivity contribution in [3.8, 4) is 6.07 Å². The van der Waals surface area contributed by atoms with Gasteiger partial charge in [0.1, 0.15) is 6.10 Å². The lowest BCUT2D eigenvalue weighted by molar-refractivity contribution is 0.0243. The lowest BCUT2D eigenvalue weighted by Crippen LogP contribution is -2.27. The summed E-state index contributed by atoms with van der Waals surface area (Å²) >= 11 is 0. The van der Waals surface area contributed by atoms with Crippen molar-refractivity contribution in [2.24, 2.45) is 5.73 Å². The van der Waals surface area contributed by atoms with Gasteiger partial charge in [-0.1, -0.05) is 24.3 Å². The maximum atomic E-state index is 9.86.